The van der Waals surface area contributed by atoms with Crippen molar-refractivity contribution in [3.63, 3.8) is 0 Å². The van der Waals surface area contributed by atoms with Crippen LogP contribution in [0.3, 0.4) is 0 Å². The van der Waals surface area contributed by atoms with Gasteiger partial charge in [-0.1, -0.05) is 133 Å². The van der Waals surface area contributed by atoms with Crippen molar-refractivity contribution in [2.75, 3.05) is 0 Å². The fourth-order valence-corrected chi connectivity index (χ4v) is 7.23. The molecule has 2 aromatic heterocycles. The average Bonchev–Trinajstić information content (AvgIpc) is 3.58. The van der Waals surface area contributed by atoms with Crippen molar-refractivity contribution in [2.24, 2.45) is 9.98 Å². The molecule has 1 aliphatic heterocycles. The summed E-state index contributed by atoms with van der Waals surface area (Å²) in [5.74, 6) is 1.30. The zero-order valence-electron chi connectivity index (χ0n) is 27.4. The first kappa shape index (κ1) is 29.1. The van der Waals surface area contributed by atoms with Crippen LogP contribution in [-0.4, -0.2) is 16.7 Å². The summed E-state index contributed by atoms with van der Waals surface area (Å²) in [4.78, 5) is 14.5. The van der Waals surface area contributed by atoms with Crippen LogP contribution in [0, 0.1) is 0 Å². The summed E-state index contributed by atoms with van der Waals surface area (Å²) in [5, 5.41) is 11.8. The van der Waals surface area contributed by atoms with Crippen LogP contribution in [-0.2, 0) is 0 Å². The van der Waals surface area contributed by atoms with Crippen LogP contribution in [0.2, 0.25) is 0 Å². The Kier molecular flexibility index (Phi) is 6.81. The molecule has 1 atom stereocenters. The van der Waals surface area contributed by atoms with Crippen LogP contribution in [0.1, 0.15) is 22.9 Å². The van der Waals surface area contributed by atoms with Crippen LogP contribution in [0.15, 0.2) is 185 Å². The zero-order chi connectivity index (χ0) is 33.7. The van der Waals surface area contributed by atoms with Crippen molar-refractivity contribution in [3.8, 4) is 22.3 Å². The Morgan fingerprint density at radius 3 is 2.12 bits per heavy atom. The number of fused-ring (bicyclic) bond motifs is 5. The number of pyridine rings is 1. The van der Waals surface area contributed by atoms with Gasteiger partial charge in [-0.05, 0) is 79.9 Å². The third-order valence-corrected chi connectivity index (χ3v) is 9.73. The lowest BCUT2D eigenvalue weighted by Gasteiger charge is -2.33. The summed E-state index contributed by atoms with van der Waals surface area (Å²) < 4.78 is 6.85. The van der Waals surface area contributed by atoms with Gasteiger partial charge in [-0.3, -0.25) is 9.98 Å². The van der Waals surface area contributed by atoms with E-state index in [0.29, 0.717) is 11.7 Å². The monoisotopic (exact) mass is 653 g/mol. The molecule has 0 N–H and O–H groups in total. The first-order valence-electron chi connectivity index (χ1n) is 17.1. The van der Waals surface area contributed by atoms with Crippen molar-refractivity contribution in [1.29, 1.82) is 0 Å². The number of benzene rings is 7. The molecule has 0 fully saturated rings. The van der Waals surface area contributed by atoms with E-state index in [1.54, 1.807) is 0 Å². The van der Waals surface area contributed by atoms with E-state index in [1.165, 1.54) is 10.8 Å². The molecule has 240 valence electrons. The van der Waals surface area contributed by atoms with Crippen molar-refractivity contribution < 1.29 is 4.42 Å². The van der Waals surface area contributed by atoms with E-state index in [0.717, 1.165) is 71.7 Å². The van der Waals surface area contributed by atoms with Gasteiger partial charge in [-0.2, -0.15) is 0 Å². The second-order valence-corrected chi connectivity index (χ2v) is 12.8. The van der Waals surface area contributed by atoms with Gasteiger partial charge >= 0.3 is 0 Å². The molecule has 0 aliphatic carbocycles. The summed E-state index contributed by atoms with van der Waals surface area (Å²) in [5.41, 5.74) is 8.77. The van der Waals surface area contributed by atoms with Crippen LogP contribution in [0.5, 0.6) is 0 Å². The van der Waals surface area contributed by atoms with Gasteiger partial charge in [0.15, 0.2) is 0 Å². The fourth-order valence-electron chi connectivity index (χ4n) is 7.23. The highest BCUT2D eigenvalue weighted by atomic mass is 16.3. The van der Waals surface area contributed by atoms with E-state index in [4.69, 9.17) is 19.7 Å². The van der Waals surface area contributed by atoms with Gasteiger partial charge in [0.2, 0.25) is 0 Å². The number of aliphatic imine (C=N–C) groups is 2. The molecule has 0 radical (unpaired) electrons. The standard InChI is InChI=1S/C46H29N4O/c1-3-12-30(13-4-1)44-48-45(31-14-5-2-6-15-31)50-46(49-44)39-18-10-9-17-37(39)38-22-21-36(34-20-19-29-11-7-8-16-32(29)25-34)43-42(38)40-26-33-23-24-47-28-35(33)27-41(40)51-43/h1-28,44H/q-1. The van der Waals surface area contributed by atoms with Crippen LogP contribution >= 0.6 is 0 Å². The first-order chi connectivity index (χ1) is 25.3. The third kappa shape index (κ3) is 5.06. The van der Waals surface area contributed by atoms with Gasteiger partial charge < -0.3 is 14.7 Å². The van der Waals surface area contributed by atoms with Crippen molar-refractivity contribution >= 4 is 55.2 Å². The normalized spacial score (nSPS) is 14.5. The zero-order valence-corrected chi connectivity index (χ0v) is 27.4. The fraction of sp³-hybridized carbons (Fsp3) is 0.0217. The maximum Gasteiger partial charge on any atom is 0.143 e. The highest BCUT2D eigenvalue weighted by Crippen LogP contribution is 2.45. The first-order valence-corrected chi connectivity index (χ1v) is 17.1. The van der Waals surface area contributed by atoms with Crippen LogP contribution in [0.25, 0.3) is 71.1 Å². The lowest BCUT2D eigenvalue weighted by molar-refractivity contribution is 0.670. The molecule has 51 heavy (non-hydrogen) atoms. The minimum Gasteiger partial charge on any atom is -0.455 e. The minimum atomic E-state index is -0.424. The Hall–Kier alpha value is -6.85. The average molecular weight is 654 g/mol. The molecular weight excluding hydrogens is 625 g/mol. The molecule has 1 unspecified atom stereocenters. The van der Waals surface area contributed by atoms with Gasteiger partial charge in [0.1, 0.15) is 11.2 Å². The Labute approximate surface area is 294 Å². The molecule has 1 aliphatic rings. The largest absolute Gasteiger partial charge is 0.455 e. The molecule has 3 heterocycles. The SMILES string of the molecule is c1ccc(C2=NC(c3ccccc3)[N-]C(c3ccccc3-c3ccc(-c4ccc5ccccc5c4)c4oc5cc6cnccc6cc5c34)=N2)cc1. The molecule has 0 saturated carbocycles. The second-order valence-electron chi connectivity index (χ2n) is 12.8. The van der Waals surface area contributed by atoms with Gasteiger partial charge in [0.05, 0.1) is 12.0 Å². The second kappa shape index (κ2) is 11.9. The van der Waals surface area contributed by atoms with E-state index in [1.807, 2.05) is 60.9 Å². The molecular formula is C46H29N4O-. The van der Waals surface area contributed by atoms with Gasteiger partial charge in [0.25, 0.3) is 0 Å². The molecule has 7 aromatic carbocycles. The van der Waals surface area contributed by atoms with E-state index in [-0.39, 0.29) is 0 Å². The highest BCUT2D eigenvalue weighted by Gasteiger charge is 2.21. The molecule has 0 bridgehead atoms. The maximum absolute atomic E-state index is 6.85. The number of furan rings is 1. The number of hydrogen-bond donors (Lipinski definition) is 0. The predicted molar refractivity (Wildman–Crippen MR) is 209 cm³/mol. The van der Waals surface area contributed by atoms with Gasteiger partial charge in [0, 0.05) is 34.1 Å². The summed E-state index contributed by atoms with van der Waals surface area (Å²) in [6, 6.07) is 54.6. The molecule has 5 heteroatoms. The molecule has 9 aromatic rings. The Bertz CT molecular complexity index is 2840. The summed E-state index contributed by atoms with van der Waals surface area (Å²) in [6.07, 6.45) is 3.30. The van der Waals surface area contributed by atoms with E-state index >= 15 is 0 Å². The van der Waals surface area contributed by atoms with Crippen LogP contribution < -0.4 is 0 Å². The minimum absolute atomic E-state index is 0.424. The van der Waals surface area contributed by atoms with Crippen molar-refractivity contribution in [2.45, 2.75) is 6.17 Å². The summed E-state index contributed by atoms with van der Waals surface area (Å²) >= 11 is 0. The number of hydrogen-bond acceptors (Lipinski definition) is 4. The quantitative estimate of drug-likeness (QED) is 0.185. The number of rotatable bonds is 5. The Balaban J connectivity index is 1.21. The van der Waals surface area contributed by atoms with Gasteiger partial charge in [-0.15, -0.1) is 0 Å². The molecule has 0 saturated heterocycles. The van der Waals surface area contributed by atoms with E-state index in [2.05, 4.69) is 114 Å². The van der Waals surface area contributed by atoms with Crippen molar-refractivity contribution in [1.82, 2.24) is 4.98 Å². The number of aromatic nitrogens is 1. The Morgan fingerprint density at radius 1 is 0.529 bits per heavy atom. The number of nitrogens with zero attached hydrogens (tertiary/aromatic N) is 4. The number of amidine groups is 2. The Morgan fingerprint density at radius 2 is 1.25 bits per heavy atom. The van der Waals surface area contributed by atoms with E-state index < -0.39 is 6.17 Å². The molecule has 0 amide bonds. The lowest BCUT2D eigenvalue weighted by atomic mass is 9.91. The lowest BCUT2D eigenvalue weighted by Crippen LogP contribution is -2.16. The summed E-state index contributed by atoms with van der Waals surface area (Å²) in [6.45, 7) is 0. The molecule has 5 nitrogen and oxygen atoms in total. The topological polar surface area (TPSA) is 64.8 Å². The third-order valence-electron chi connectivity index (χ3n) is 9.73. The summed E-state index contributed by atoms with van der Waals surface area (Å²) in [7, 11) is 0. The molecule has 10 rings (SSSR count). The smallest absolute Gasteiger partial charge is 0.143 e. The van der Waals surface area contributed by atoms with Gasteiger partial charge in [-0.25, -0.2) is 0 Å². The van der Waals surface area contributed by atoms with E-state index in [9.17, 15) is 0 Å². The highest BCUT2D eigenvalue weighted by molar-refractivity contribution is 6.24. The molecule has 0 spiro atoms. The predicted octanol–water partition coefficient (Wildman–Crippen LogP) is 11.9. The maximum atomic E-state index is 6.85. The van der Waals surface area contributed by atoms with Crippen molar-refractivity contribution in [3.05, 3.63) is 192 Å². The van der Waals surface area contributed by atoms with Crippen LogP contribution in [0.4, 0.5) is 0 Å².